The van der Waals surface area contributed by atoms with Gasteiger partial charge in [-0.1, -0.05) is 292 Å². The van der Waals surface area contributed by atoms with Crippen LogP contribution in [0.25, 0.3) is 0 Å². The summed E-state index contributed by atoms with van der Waals surface area (Å²) in [5.74, 6) is -0.791. The lowest BCUT2D eigenvalue weighted by molar-refractivity contribution is -0.870. The first-order valence-electron chi connectivity index (χ1n) is 34.7. The van der Waals surface area contributed by atoms with Crippen LogP contribution in [0.3, 0.4) is 0 Å². The number of phosphoric acid groups is 1. The van der Waals surface area contributed by atoms with Crippen molar-refractivity contribution in [3.63, 3.8) is 0 Å². The normalized spacial score (nSPS) is 13.6. The number of rotatable bonds is 64. The minimum Gasteiger partial charge on any atom is -0.462 e. The zero-order chi connectivity index (χ0) is 59.8. The third-order valence-electron chi connectivity index (χ3n) is 15.2. The first kappa shape index (κ1) is 79.5. The van der Waals surface area contributed by atoms with Gasteiger partial charge in [-0.3, -0.25) is 18.6 Å². The van der Waals surface area contributed by atoms with Crippen LogP contribution < -0.4 is 0 Å². The van der Waals surface area contributed by atoms with Crippen molar-refractivity contribution in [1.82, 2.24) is 0 Å². The van der Waals surface area contributed by atoms with Crippen molar-refractivity contribution in [3.05, 3.63) is 72.9 Å². The molecule has 0 saturated carbocycles. The van der Waals surface area contributed by atoms with Crippen LogP contribution in [0.4, 0.5) is 0 Å². The number of hydrogen-bond donors (Lipinski definition) is 1. The van der Waals surface area contributed by atoms with Gasteiger partial charge in [-0.2, -0.15) is 0 Å². The van der Waals surface area contributed by atoms with Crippen LogP contribution in [-0.4, -0.2) is 74.9 Å². The van der Waals surface area contributed by atoms with E-state index >= 15 is 0 Å². The number of allylic oxidation sites excluding steroid dienone is 12. The Labute approximate surface area is 508 Å². The molecular formula is C72H133NO8P+. The molecule has 0 bridgehead atoms. The molecular weight excluding hydrogens is 1040 g/mol. The summed E-state index contributed by atoms with van der Waals surface area (Å²) in [6.45, 7) is 4.44. The number of ether oxygens (including phenoxy) is 2. The van der Waals surface area contributed by atoms with E-state index in [0.717, 1.165) is 57.8 Å². The Morgan fingerprint density at radius 1 is 0.378 bits per heavy atom. The third-order valence-corrected chi connectivity index (χ3v) is 16.2. The van der Waals surface area contributed by atoms with Gasteiger partial charge in [-0.15, -0.1) is 0 Å². The Bertz CT molecular complexity index is 1610. The molecule has 0 aliphatic rings. The highest BCUT2D eigenvalue weighted by Crippen LogP contribution is 2.43. The molecule has 0 radical (unpaired) electrons. The highest BCUT2D eigenvalue weighted by atomic mass is 31.2. The molecule has 2 atom stereocenters. The molecule has 9 nitrogen and oxygen atoms in total. The van der Waals surface area contributed by atoms with Crippen LogP contribution in [0.15, 0.2) is 72.9 Å². The molecule has 0 aromatic carbocycles. The van der Waals surface area contributed by atoms with E-state index in [2.05, 4.69) is 86.8 Å². The fraction of sp³-hybridized carbons (Fsp3) is 0.806. The molecule has 0 amide bonds. The molecule has 0 aromatic rings. The summed E-state index contributed by atoms with van der Waals surface area (Å²) in [5.41, 5.74) is 0. The summed E-state index contributed by atoms with van der Waals surface area (Å²) in [6.07, 6.45) is 84.3. The lowest BCUT2D eigenvalue weighted by atomic mass is 10.0. The third kappa shape index (κ3) is 66.6. The van der Waals surface area contributed by atoms with Crippen LogP contribution in [0.5, 0.6) is 0 Å². The molecule has 0 saturated heterocycles. The number of unbranched alkanes of at least 4 members (excludes halogenated alkanes) is 38. The standard InChI is InChI=1S/C72H132NO8P/c1-6-8-10-12-14-16-18-20-22-24-26-28-30-32-33-34-35-36-37-38-39-41-43-45-47-49-51-53-55-57-59-61-63-65-72(75)81-70(69-80-82(76,77)79-67-66-73(3,4)5)68-78-71(74)64-62-60-58-56-54-52-50-48-46-44-42-40-31-29-27-25-23-21-19-17-15-13-11-9-7-2/h18-21,24-27,30-32,40,70H,6-17,22-23,28-29,33-39,41-69H2,1-5H3/p+1/b20-18-,21-19-,26-24-,27-25-,32-30-,40-31-. The molecule has 0 heterocycles. The molecule has 478 valence electrons. The van der Waals surface area contributed by atoms with E-state index in [9.17, 15) is 19.0 Å². The number of nitrogens with zero attached hydrogens (tertiary/aromatic N) is 1. The summed E-state index contributed by atoms with van der Waals surface area (Å²) < 4.78 is 34.7. The average molecular weight is 1170 g/mol. The molecule has 2 unspecified atom stereocenters. The lowest BCUT2D eigenvalue weighted by Crippen LogP contribution is -2.37. The summed E-state index contributed by atoms with van der Waals surface area (Å²) in [7, 11) is 1.48. The van der Waals surface area contributed by atoms with E-state index in [0.29, 0.717) is 17.4 Å². The maximum atomic E-state index is 12.9. The quantitative estimate of drug-likeness (QED) is 0.0211. The number of carbonyl (C=O) groups is 2. The molecule has 0 rings (SSSR count). The molecule has 0 aromatic heterocycles. The molecule has 0 spiro atoms. The van der Waals surface area contributed by atoms with Gasteiger partial charge in [0.15, 0.2) is 6.10 Å². The highest BCUT2D eigenvalue weighted by molar-refractivity contribution is 7.47. The van der Waals surface area contributed by atoms with Crippen molar-refractivity contribution in [2.45, 2.75) is 328 Å². The largest absolute Gasteiger partial charge is 0.472 e. The van der Waals surface area contributed by atoms with E-state index < -0.39 is 26.5 Å². The molecule has 82 heavy (non-hydrogen) atoms. The minimum absolute atomic E-state index is 0.0301. The molecule has 1 N–H and O–H groups in total. The second kappa shape index (κ2) is 63.0. The Morgan fingerprint density at radius 2 is 0.659 bits per heavy atom. The summed E-state index contributed by atoms with van der Waals surface area (Å²) in [5, 5.41) is 0. The average Bonchev–Trinajstić information content (AvgIpc) is 3.46. The zero-order valence-corrected chi connectivity index (χ0v) is 55.4. The molecule has 10 heteroatoms. The first-order chi connectivity index (χ1) is 40.0. The number of quaternary nitrogens is 1. The van der Waals surface area contributed by atoms with Gasteiger partial charge in [0.25, 0.3) is 0 Å². The number of carbonyl (C=O) groups excluding carboxylic acids is 2. The van der Waals surface area contributed by atoms with Crippen molar-refractivity contribution in [3.8, 4) is 0 Å². The first-order valence-corrected chi connectivity index (χ1v) is 36.2. The van der Waals surface area contributed by atoms with Crippen molar-refractivity contribution in [1.29, 1.82) is 0 Å². The second-order valence-electron chi connectivity index (χ2n) is 24.6. The van der Waals surface area contributed by atoms with Gasteiger partial charge >= 0.3 is 19.8 Å². The second-order valence-corrected chi connectivity index (χ2v) is 26.0. The van der Waals surface area contributed by atoms with E-state index in [-0.39, 0.29) is 32.0 Å². The maximum absolute atomic E-state index is 12.9. The summed E-state index contributed by atoms with van der Waals surface area (Å²) in [4.78, 5) is 35.9. The van der Waals surface area contributed by atoms with E-state index in [1.54, 1.807) is 0 Å². The van der Waals surface area contributed by atoms with Crippen LogP contribution in [0, 0.1) is 0 Å². The van der Waals surface area contributed by atoms with Crippen molar-refractivity contribution < 1.29 is 42.1 Å². The Hall–Kier alpha value is -2.55. The van der Waals surface area contributed by atoms with Crippen molar-refractivity contribution >= 4 is 19.8 Å². The van der Waals surface area contributed by atoms with Crippen LogP contribution in [-0.2, 0) is 32.7 Å². The van der Waals surface area contributed by atoms with E-state index in [1.165, 1.54) is 231 Å². The SMILES string of the molecule is CCCCCCC/C=C\C/C=C\C/C=C\CCCCCCCCCCCCCCCCCCCCC(=O)OC(COC(=O)CCCCCCCCCCCC/C=C\C/C=C\C/C=C\CCCCCCC)COP(=O)(O)OCC[N+](C)(C)C. The Balaban J connectivity index is 4.04. The van der Waals surface area contributed by atoms with E-state index in [4.69, 9.17) is 18.5 Å². The van der Waals surface area contributed by atoms with Gasteiger partial charge in [-0.25, -0.2) is 4.57 Å². The van der Waals surface area contributed by atoms with Gasteiger partial charge in [0.1, 0.15) is 19.8 Å². The fourth-order valence-corrected chi connectivity index (χ4v) is 10.6. The lowest BCUT2D eigenvalue weighted by Gasteiger charge is -2.24. The van der Waals surface area contributed by atoms with Crippen LogP contribution in [0.1, 0.15) is 322 Å². The smallest absolute Gasteiger partial charge is 0.462 e. The zero-order valence-electron chi connectivity index (χ0n) is 54.5. The summed E-state index contributed by atoms with van der Waals surface area (Å²) in [6, 6.07) is 0. The number of likely N-dealkylation sites (N-methyl/N-ethyl adjacent to an activating group) is 1. The monoisotopic (exact) mass is 1170 g/mol. The summed E-state index contributed by atoms with van der Waals surface area (Å²) >= 11 is 0. The maximum Gasteiger partial charge on any atom is 0.472 e. The van der Waals surface area contributed by atoms with Gasteiger partial charge < -0.3 is 18.9 Å². The van der Waals surface area contributed by atoms with Crippen molar-refractivity contribution in [2.24, 2.45) is 0 Å². The number of phosphoric ester groups is 1. The Morgan fingerprint density at radius 3 is 0.976 bits per heavy atom. The van der Waals surface area contributed by atoms with E-state index in [1.807, 2.05) is 21.1 Å². The van der Waals surface area contributed by atoms with Crippen LogP contribution >= 0.6 is 7.82 Å². The number of esters is 2. The van der Waals surface area contributed by atoms with Crippen molar-refractivity contribution in [2.75, 3.05) is 47.5 Å². The van der Waals surface area contributed by atoms with Crippen LogP contribution in [0.2, 0.25) is 0 Å². The predicted octanol–water partition coefficient (Wildman–Crippen LogP) is 22.4. The topological polar surface area (TPSA) is 108 Å². The predicted molar refractivity (Wildman–Crippen MR) is 353 cm³/mol. The minimum atomic E-state index is -4.39. The highest BCUT2D eigenvalue weighted by Gasteiger charge is 2.27. The van der Waals surface area contributed by atoms with Gasteiger partial charge in [-0.05, 0) is 89.9 Å². The fourth-order valence-electron chi connectivity index (χ4n) is 9.86. The Kier molecular flexibility index (Phi) is 61.0. The molecule has 0 fully saturated rings. The number of hydrogen-bond acceptors (Lipinski definition) is 7. The van der Waals surface area contributed by atoms with Gasteiger partial charge in [0.05, 0.1) is 27.7 Å². The van der Waals surface area contributed by atoms with Gasteiger partial charge in [0, 0.05) is 12.8 Å². The van der Waals surface area contributed by atoms with Gasteiger partial charge in [0.2, 0.25) is 0 Å². The molecule has 0 aliphatic heterocycles. The molecule has 0 aliphatic carbocycles.